The minimum Gasteiger partial charge on any atom is -0.389 e. The Hall–Kier alpha value is -1.39. The Bertz CT molecular complexity index is 548. The summed E-state index contributed by atoms with van der Waals surface area (Å²) in [5, 5.41) is 4.91. The predicted octanol–water partition coefficient (Wildman–Crippen LogP) is 2.47. The first-order chi connectivity index (χ1) is 7.59. The van der Waals surface area contributed by atoms with Crippen LogP contribution < -0.4 is 5.73 Å². The van der Waals surface area contributed by atoms with Crippen molar-refractivity contribution in [1.29, 1.82) is 0 Å². The lowest BCUT2D eigenvalue weighted by molar-refractivity contribution is 0.847. The fraction of sp³-hybridized carbons (Fsp3) is 0.0909. The Morgan fingerprint density at radius 1 is 1.50 bits per heavy atom. The molecule has 0 saturated carbocycles. The average Bonchev–Trinajstić information content (AvgIpc) is 2.60. The molecule has 0 spiro atoms. The van der Waals surface area contributed by atoms with E-state index >= 15 is 0 Å². The predicted molar refractivity (Wildman–Crippen MR) is 69.2 cm³/mol. The number of thiocarbonyl (C=S) groups is 1. The second kappa shape index (κ2) is 4.23. The molecule has 5 heteroatoms. The van der Waals surface area contributed by atoms with Crippen LogP contribution in [-0.2, 0) is 0 Å². The monoisotopic (exact) mass is 251 g/mol. The van der Waals surface area contributed by atoms with Gasteiger partial charge in [0.2, 0.25) is 0 Å². The number of hydrogen-bond donors (Lipinski definition) is 1. The van der Waals surface area contributed by atoms with E-state index in [0.29, 0.717) is 10.0 Å². The van der Waals surface area contributed by atoms with E-state index in [-0.39, 0.29) is 0 Å². The summed E-state index contributed by atoms with van der Waals surface area (Å²) in [5.74, 6) is 0. The van der Waals surface area contributed by atoms with Gasteiger partial charge in [-0.2, -0.15) is 5.10 Å². The average molecular weight is 252 g/mol. The maximum absolute atomic E-state index is 5.92. The van der Waals surface area contributed by atoms with Gasteiger partial charge in [0.1, 0.15) is 4.99 Å². The standard InChI is InChI=1S/C11H10ClN3S/c1-7-10(11(13)16)6-14-15(7)9-4-2-3-8(12)5-9/h2-6H,1H3,(H2,13,16). The summed E-state index contributed by atoms with van der Waals surface area (Å²) in [6.07, 6.45) is 1.67. The van der Waals surface area contributed by atoms with E-state index in [1.807, 2.05) is 31.2 Å². The number of rotatable bonds is 2. The SMILES string of the molecule is Cc1c(C(N)=S)cnn1-c1cccc(Cl)c1. The quantitative estimate of drug-likeness (QED) is 0.834. The summed E-state index contributed by atoms with van der Waals surface area (Å²) in [4.78, 5) is 0.353. The number of nitrogens with two attached hydrogens (primary N) is 1. The Kier molecular flexibility index (Phi) is 2.94. The van der Waals surface area contributed by atoms with Gasteiger partial charge in [0.25, 0.3) is 0 Å². The highest BCUT2D eigenvalue weighted by Gasteiger charge is 2.09. The molecule has 0 atom stereocenters. The van der Waals surface area contributed by atoms with Crippen LogP contribution in [0.5, 0.6) is 0 Å². The van der Waals surface area contributed by atoms with Gasteiger partial charge in [-0.3, -0.25) is 0 Å². The molecule has 82 valence electrons. The van der Waals surface area contributed by atoms with E-state index in [0.717, 1.165) is 16.9 Å². The molecule has 0 unspecified atom stereocenters. The van der Waals surface area contributed by atoms with Crippen LogP contribution >= 0.6 is 23.8 Å². The minimum atomic E-state index is 0.353. The fourth-order valence-electron chi connectivity index (χ4n) is 1.52. The molecule has 0 bridgehead atoms. The lowest BCUT2D eigenvalue weighted by Gasteiger charge is -2.05. The van der Waals surface area contributed by atoms with Gasteiger partial charge in [0, 0.05) is 5.02 Å². The Balaban J connectivity index is 2.53. The molecule has 1 aromatic carbocycles. The van der Waals surface area contributed by atoms with Crippen molar-refractivity contribution < 1.29 is 0 Å². The van der Waals surface area contributed by atoms with E-state index in [1.165, 1.54) is 0 Å². The van der Waals surface area contributed by atoms with E-state index in [9.17, 15) is 0 Å². The van der Waals surface area contributed by atoms with Crippen molar-refractivity contribution in [2.75, 3.05) is 0 Å². The first-order valence-corrected chi connectivity index (χ1v) is 5.48. The summed E-state index contributed by atoms with van der Waals surface area (Å²) < 4.78 is 1.76. The van der Waals surface area contributed by atoms with Crippen LogP contribution in [0.4, 0.5) is 0 Å². The van der Waals surface area contributed by atoms with E-state index in [1.54, 1.807) is 10.9 Å². The van der Waals surface area contributed by atoms with Gasteiger partial charge in [-0.05, 0) is 25.1 Å². The molecule has 0 aliphatic carbocycles. The van der Waals surface area contributed by atoms with Crippen molar-refractivity contribution in [3.05, 3.63) is 46.7 Å². The normalized spacial score (nSPS) is 10.4. The van der Waals surface area contributed by atoms with Crippen molar-refractivity contribution in [1.82, 2.24) is 9.78 Å². The van der Waals surface area contributed by atoms with Crippen LogP contribution in [0.1, 0.15) is 11.3 Å². The molecule has 1 heterocycles. The number of benzene rings is 1. The highest BCUT2D eigenvalue weighted by Crippen LogP contribution is 2.17. The zero-order chi connectivity index (χ0) is 11.7. The van der Waals surface area contributed by atoms with E-state index in [2.05, 4.69) is 5.10 Å². The van der Waals surface area contributed by atoms with Crippen LogP contribution in [0.3, 0.4) is 0 Å². The molecule has 0 aliphatic rings. The van der Waals surface area contributed by atoms with Crippen LogP contribution in [-0.4, -0.2) is 14.8 Å². The molecule has 2 rings (SSSR count). The Labute approximate surface area is 104 Å². The Morgan fingerprint density at radius 2 is 2.25 bits per heavy atom. The molecule has 0 saturated heterocycles. The van der Waals surface area contributed by atoms with Gasteiger partial charge >= 0.3 is 0 Å². The second-order valence-corrected chi connectivity index (χ2v) is 4.28. The third-order valence-corrected chi connectivity index (χ3v) is 2.78. The minimum absolute atomic E-state index is 0.353. The highest BCUT2D eigenvalue weighted by molar-refractivity contribution is 7.80. The van der Waals surface area contributed by atoms with Gasteiger partial charge in [-0.15, -0.1) is 0 Å². The lowest BCUT2D eigenvalue weighted by atomic mass is 10.2. The van der Waals surface area contributed by atoms with E-state index in [4.69, 9.17) is 29.6 Å². The zero-order valence-electron chi connectivity index (χ0n) is 8.64. The molecule has 0 aliphatic heterocycles. The highest BCUT2D eigenvalue weighted by atomic mass is 35.5. The summed E-state index contributed by atoms with van der Waals surface area (Å²) in [6.45, 7) is 1.92. The third-order valence-electron chi connectivity index (χ3n) is 2.33. The first-order valence-electron chi connectivity index (χ1n) is 4.70. The maximum atomic E-state index is 5.92. The molecule has 3 nitrogen and oxygen atoms in total. The van der Waals surface area contributed by atoms with Crippen molar-refractivity contribution >= 4 is 28.8 Å². The van der Waals surface area contributed by atoms with Gasteiger partial charge in [-0.25, -0.2) is 4.68 Å². The van der Waals surface area contributed by atoms with Crippen molar-refractivity contribution in [2.45, 2.75) is 6.92 Å². The molecule has 2 aromatic rings. The lowest BCUT2D eigenvalue weighted by Crippen LogP contribution is -2.10. The second-order valence-electron chi connectivity index (χ2n) is 3.40. The molecule has 1 aromatic heterocycles. The number of hydrogen-bond acceptors (Lipinski definition) is 2. The molecule has 0 radical (unpaired) electrons. The van der Waals surface area contributed by atoms with Gasteiger partial charge < -0.3 is 5.73 Å². The molecular formula is C11H10ClN3S. The number of aromatic nitrogens is 2. The summed E-state index contributed by atoms with van der Waals surface area (Å²) in [5.41, 5.74) is 8.18. The van der Waals surface area contributed by atoms with Crippen molar-refractivity contribution in [3.63, 3.8) is 0 Å². The van der Waals surface area contributed by atoms with Crippen LogP contribution in [0.15, 0.2) is 30.5 Å². The molecule has 0 fully saturated rings. The maximum Gasteiger partial charge on any atom is 0.107 e. The van der Waals surface area contributed by atoms with Gasteiger partial charge in [-0.1, -0.05) is 29.9 Å². The smallest absolute Gasteiger partial charge is 0.107 e. The van der Waals surface area contributed by atoms with Crippen molar-refractivity contribution in [3.8, 4) is 5.69 Å². The largest absolute Gasteiger partial charge is 0.389 e. The van der Waals surface area contributed by atoms with Crippen LogP contribution in [0, 0.1) is 6.92 Å². The molecule has 0 amide bonds. The van der Waals surface area contributed by atoms with Crippen molar-refractivity contribution in [2.24, 2.45) is 5.73 Å². The zero-order valence-corrected chi connectivity index (χ0v) is 10.2. The van der Waals surface area contributed by atoms with Gasteiger partial charge in [0.05, 0.1) is 23.1 Å². The number of halogens is 1. The van der Waals surface area contributed by atoms with Crippen LogP contribution in [0.25, 0.3) is 5.69 Å². The molecule has 2 N–H and O–H groups in total. The molecule has 16 heavy (non-hydrogen) atoms. The van der Waals surface area contributed by atoms with Crippen LogP contribution in [0.2, 0.25) is 5.02 Å². The van der Waals surface area contributed by atoms with E-state index < -0.39 is 0 Å². The first kappa shape index (κ1) is 11.1. The van der Waals surface area contributed by atoms with Gasteiger partial charge in [0.15, 0.2) is 0 Å². The fourth-order valence-corrected chi connectivity index (χ4v) is 1.90. The molecular weight excluding hydrogens is 242 g/mol. The Morgan fingerprint density at radius 3 is 2.81 bits per heavy atom. The topological polar surface area (TPSA) is 43.8 Å². The third kappa shape index (κ3) is 1.94. The summed E-state index contributed by atoms with van der Waals surface area (Å²) in [6, 6.07) is 7.46. The number of nitrogens with zero attached hydrogens (tertiary/aromatic N) is 2. The summed E-state index contributed by atoms with van der Waals surface area (Å²) in [7, 11) is 0. The summed E-state index contributed by atoms with van der Waals surface area (Å²) >= 11 is 10.9.